The SMILES string of the molecule is CC(C)Oc1cc2c(OCC3CC(F)(F)C(=O)N3)nccc2cc1C=O. The van der Waals surface area contributed by atoms with E-state index in [9.17, 15) is 18.4 Å². The van der Waals surface area contributed by atoms with Crippen molar-refractivity contribution in [3.63, 3.8) is 0 Å². The number of nitrogens with zero attached hydrogens (tertiary/aromatic N) is 1. The second-order valence-corrected chi connectivity index (χ2v) is 6.40. The number of rotatable bonds is 6. The Hall–Kier alpha value is -2.77. The van der Waals surface area contributed by atoms with Crippen LogP contribution in [0.4, 0.5) is 8.78 Å². The Labute approximate surface area is 148 Å². The van der Waals surface area contributed by atoms with Gasteiger partial charge in [0.15, 0.2) is 6.29 Å². The van der Waals surface area contributed by atoms with Crippen LogP contribution in [0.3, 0.4) is 0 Å². The molecule has 0 radical (unpaired) electrons. The number of hydrogen-bond acceptors (Lipinski definition) is 5. The highest BCUT2D eigenvalue weighted by atomic mass is 19.3. The first kappa shape index (κ1) is 18.0. The second-order valence-electron chi connectivity index (χ2n) is 6.40. The molecule has 1 unspecified atom stereocenters. The Morgan fingerprint density at radius 1 is 1.42 bits per heavy atom. The predicted octanol–water partition coefficient (Wildman–Crippen LogP) is 2.74. The average Bonchev–Trinajstić information content (AvgIpc) is 2.84. The number of carbonyl (C=O) groups excluding carboxylic acids is 2. The fourth-order valence-corrected chi connectivity index (χ4v) is 2.78. The number of benzene rings is 1. The molecule has 1 saturated heterocycles. The van der Waals surface area contributed by atoms with Crippen molar-refractivity contribution in [3.05, 3.63) is 30.0 Å². The lowest BCUT2D eigenvalue weighted by atomic mass is 10.1. The fourth-order valence-electron chi connectivity index (χ4n) is 2.78. The number of ether oxygens (including phenoxy) is 2. The minimum atomic E-state index is -3.38. The molecule has 1 aliphatic rings. The summed E-state index contributed by atoms with van der Waals surface area (Å²) in [6, 6.07) is 4.21. The lowest BCUT2D eigenvalue weighted by molar-refractivity contribution is -0.139. The van der Waals surface area contributed by atoms with Gasteiger partial charge in [0.2, 0.25) is 5.88 Å². The van der Waals surface area contributed by atoms with Crippen LogP contribution in [0.1, 0.15) is 30.6 Å². The van der Waals surface area contributed by atoms with Gasteiger partial charge in [0.05, 0.1) is 17.7 Å². The summed E-state index contributed by atoms with van der Waals surface area (Å²) >= 11 is 0. The van der Waals surface area contributed by atoms with Crippen LogP contribution in [-0.2, 0) is 4.79 Å². The van der Waals surface area contributed by atoms with Crippen molar-refractivity contribution in [1.82, 2.24) is 10.3 Å². The molecule has 2 aromatic rings. The summed E-state index contributed by atoms with van der Waals surface area (Å²) in [5, 5.41) is 3.50. The van der Waals surface area contributed by atoms with E-state index in [1.165, 1.54) is 6.20 Å². The number of aromatic nitrogens is 1. The van der Waals surface area contributed by atoms with E-state index >= 15 is 0 Å². The standard InChI is InChI=1S/C18H18F2N2O4/c1-10(2)26-15-6-14-11(5-12(15)8-23)3-4-21-16(14)25-9-13-7-18(19,20)17(24)22-13/h3-6,8,10,13H,7,9H2,1-2H3,(H,22,24). The number of pyridine rings is 1. The molecule has 0 spiro atoms. The van der Waals surface area contributed by atoms with Crippen molar-refractivity contribution in [2.24, 2.45) is 0 Å². The highest BCUT2D eigenvalue weighted by Crippen LogP contribution is 2.32. The summed E-state index contributed by atoms with van der Waals surface area (Å²) in [6.07, 6.45) is 1.45. The number of fused-ring (bicyclic) bond motifs is 1. The first-order valence-corrected chi connectivity index (χ1v) is 8.16. The molecule has 2 heterocycles. The molecule has 26 heavy (non-hydrogen) atoms. The maximum atomic E-state index is 13.3. The molecule has 0 aliphatic carbocycles. The van der Waals surface area contributed by atoms with E-state index in [0.717, 1.165) is 0 Å². The van der Waals surface area contributed by atoms with E-state index in [4.69, 9.17) is 9.47 Å². The van der Waals surface area contributed by atoms with E-state index in [-0.39, 0.29) is 18.6 Å². The fraction of sp³-hybridized carbons (Fsp3) is 0.389. The van der Waals surface area contributed by atoms with Crippen LogP contribution in [-0.4, -0.2) is 41.9 Å². The van der Waals surface area contributed by atoms with Crippen LogP contribution in [0.5, 0.6) is 11.6 Å². The normalized spacial score (nSPS) is 18.8. The third-order valence-electron chi connectivity index (χ3n) is 3.94. The summed E-state index contributed by atoms with van der Waals surface area (Å²) in [5.41, 5.74) is 0.394. The molecule has 138 valence electrons. The van der Waals surface area contributed by atoms with Gasteiger partial charge in [0.25, 0.3) is 5.91 Å². The van der Waals surface area contributed by atoms with Gasteiger partial charge in [0.1, 0.15) is 12.4 Å². The molecule has 1 aliphatic heterocycles. The Kier molecular flexibility index (Phi) is 4.76. The van der Waals surface area contributed by atoms with E-state index in [1.807, 2.05) is 13.8 Å². The number of hydrogen-bond donors (Lipinski definition) is 1. The second kappa shape index (κ2) is 6.86. The quantitative estimate of drug-likeness (QED) is 0.798. The van der Waals surface area contributed by atoms with Crippen molar-refractivity contribution in [2.75, 3.05) is 6.61 Å². The van der Waals surface area contributed by atoms with E-state index in [0.29, 0.717) is 28.4 Å². The van der Waals surface area contributed by atoms with Crippen LogP contribution in [0, 0.1) is 0 Å². The summed E-state index contributed by atoms with van der Waals surface area (Å²) < 4.78 is 37.8. The number of aldehydes is 1. The van der Waals surface area contributed by atoms with Crippen molar-refractivity contribution in [3.8, 4) is 11.6 Å². The number of carbonyl (C=O) groups is 2. The topological polar surface area (TPSA) is 77.5 Å². The monoisotopic (exact) mass is 364 g/mol. The highest BCUT2D eigenvalue weighted by Gasteiger charge is 2.48. The minimum absolute atomic E-state index is 0.136. The predicted molar refractivity (Wildman–Crippen MR) is 89.9 cm³/mol. The Morgan fingerprint density at radius 3 is 2.81 bits per heavy atom. The van der Waals surface area contributed by atoms with Crippen LogP contribution < -0.4 is 14.8 Å². The van der Waals surface area contributed by atoms with Crippen LogP contribution >= 0.6 is 0 Å². The molecule has 1 amide bonds. The van der Waals surface area contributed by atoms with Gasteiger partial charge in [-0.3, -0.25) is 9.59 Å². The van der Waals surface area contributed by atoms with Gasteiger partial charge in [-0.25, -0.2) is 4.98 Å². The van der Waals surface area contributed by atoms with Gasteiger partial charge >= 0.3 is 5.92 Å². The maximum absolute atomic E-state index is 13.3. The Morgan fingerprint density at radius 2 is 2.19 bits per heavy atom. The van der Waals surface area contributed by atoms with E-state index in [1.54, 1.807) is 18.2 Å². The third kappa shape index (κ3) is 3.58. The van der Waals surface area contributed by atoms with Gasteiger partial charge in [0, 0.05) is 18.0 Å². The summed E-state index contributed by atoms with van der Waals surface area (Å²) in [7, 11) is 0. The molecular formula is C18H18F2N2O4. The maximum Gasteiger partial charge on any atom is 0.326 e. The Balaban J connectivity index is 1.86. The zero-order valence-electron chi connectivity index (χ0n) is 14.3. The molecule has 1 fully saturated rings. The third-order valence-corrected chi connectivity index (χ3v) is 3.94. The molecular weight excluding hydrogens is 346 g/mol. The molecule has 1 N–H and O–H groups in total. The van der Waals surface area contributed by atoms with Crippen molar-refractivity contribution in [1.29, 1.82) is 0 Å². The average molecular weight is 364 g/mol. The first-order chi connectivity index (χ1) is 12.3. The summed E-state index contributed by atoms with van der Waals surface area (Å²) in [5.74, 6) is -4.06. The smallest absolute Gasteiger partial charge is 0.326 e. The molecule has 6 nitrogen and oxygen atoms in total. The Bertz CT molecular complexity index is 854. The number of amides is 1. The van der Waals surface area contributed by atoms with Crippen LogP contribution in [0.15, 0.2) is 24.4 Å². The van der Waals surface area contributed by atoms with Crippen LogP contribution in [0.2, 0.25) is 0 Å². The number of alkyl halides is 2. The largest absolute Gasteiger partial charge is 0.490 e. The van der Waals surface area contributed by atoms with Crippen molar-refractivity contribution in [2.45, 2.75) is 38.3 Å². The van der Waals surface area contributed by atoms with Crippen LogP contribution in [0.25, 0.3) is 10.8 Å². The van der Waals surface area contributed by atoms with E-state index < -0.39 is 24.3 Å². The molecule has 1 aromatic heterocycles. The minimum Gasteiger partial charge on any atom is -0.490 e. The molecule has 1 aromatic carbocycles. The van der Waals surface area contributed by atoms with Gasteiger partial charge < -0.3 is 14.8 Å². The molecule has 0 bridgehead atoms. The zero-order valence-corrected chi connectivity index (χ0v) is 14.3. The van der Waals surface area contributed by atoms with Gasteiger partial charge in [-0.2, -0.15) is 8.78 Å². The highest BCUT2D eigenvalue weighted by molar-refractivity contribution is 5.94. The molecule has 3 rings (SSSR count). The van der Waals surface area contributed by atoms with Crippen molar-refractivity contribution < 1.29 is 27.8 Å². The first-order valence-electron chi connectivity index (χ1n) is 8.16. The van der Waals surface area contributed by atoms with Gasteiger partial charge in [-0.15, -0.1) is 0 Å². The zero-order chi connectivity index (χ0) is 18.9. The number of halogens is 2. The summed E-state index contributed by atoms with van der Waals surface area (Å²) in [4.78, 5) is 26.6. The summed E-state index contributed by atoms with van der Waals surface area (Å²) in [6.45, 7) is 3.54. The van der Waals surface area contributed by atoms with Gasteiger partial charge in [-0.05, 0) is 37.4 Å². The van der Waals surface area contributed by atoms with E-state index in [2.05, 4.69) is 10.3 Å². The molecule has 0 saturated carbocycles. The number of nitrogens with one attached hydrogen (secondary N) is 1. The molecule has 1 atom stereocenters. The lowest BCUT2D eigenvalue weighted by Crippen LogP contribution is -2.33. The van der Waals surface area contributed by atoms with Gasteiger partial charge in [-0.1, -0.05) is 0 Å². The molecule has 8 heteroatoms. The lowest BCUT2D eigenvalue weighted by Gasteiger charge is -2.15. The van der Waals surface area contributed by atoms with Crippen molar-refractivity contribution >= 4 is 23.0 Å².